The van der Waals surface area contributed by atoms with Gasteiger partial charge in [-0.05, 0) is 55.7 Å². The molecule has 2 aliphatic rings. The molecule has 0 spiro atoms. The molecule has 2 N–H and O–H groups in total. The van der Waals surface area contributed by atoms with E-state index in [9.17, 15) is 9.50 Å². The summed E-state index contributed by atoms with van der Waals surface area (Å²) in [5.74, 6) is 0.471. The van der Waals surface area contributed by atoms with Crippen LogP contribution in [0.15, 0.2) is 42.7 Å². The lowest BCUT2D eigenvalue weighted by Crippen LogP contribution is -2.44. The van der Waals surface area contributed by atoms with E-state index in [1.54, 1.807) is 19.4 Å². The maximum Gasteiger partial charge on any atom is 0.126 e. The van der Waals surface area contributed by atoms with Crippen molar-refractivity contribution < 1.29 is 19.0 Å². The highest BCUT2D eigenvalue weighted by Crippen LogP contribution is 2.34. The van der Waals surface area contributed by atoms with Crippen molar-refractivity contribution in [2.24, 2.45) is 0 Å². The van der Waals surface area contributed by atoms with Gasteiger partial charge in [0.15, 0.2) is 0 Å². The Morgan fingerprint density at radius 3 is 2.84 bits per heavy atom. The minimum atomic E-state index is -0.303. The van der Waals surface area contributed by atoms with Crippen LogP contribution < -0.4 is 5.32 Å². The normalized spacial score (nSPS) is 21.2. The van der Waals surface area contributed by atoms with Crippen LogP contribution in [0.4, 0.5) is 10.2 Å². The molecule has 5 rings (SSSR count). The molecule has 2 aliphatic heterocycles. The van der Waals surface area contributed by atoms with Gasteiger partial charge in [-0.25, -0.2) is 9.37 Å². The lowest BCUT2D eigenvalue weighted by atomic mass is 10.0. The molecule has 1 unspecified atom stereocenters. The Kier molecular flexibility index (Phi) is 7.56. The number of benzene rings is 1. The van der Waals surface area contributed by atoms with Gasteiger partial charge in [0.25, 0.3) is 0 Å². The van der Waals surface area contributed by atoms with Crippen LogP contribution in [0.3, 0.4) is 0 Å². The summed E-state index contributed by atoms with van der Waals surface area (Å²) in [6.45, 7) is 7.17. The lowest BCUT2D eigenvalue weighted by molar-refractivity contribution is 0.0363. The third-order valence-electron chi connectivity index (χ3n) is 7.28. The quantitative estimate of drug-likeness (QED) is 0.436. The fraction of sp³-hybridized carbons (Fsp3) is 0.464. The zero-order valence-corrected chi connectivity index (χ0v) is 22.3. The SMILES string of the molecule is COC[C@H]1Cn2cc(-c3cc(NC4COC(C)(C)C4)ncc3Cl)cc2CN1Cc1cc(F)ccc1CO. The molecule has 9 heteroatoms. The van der Waals surface area contributed by atoms with E-state index in [-0.39, 0.29) is 30.1 Å². The number of nitrogens with one attached hydrogen (secondary N) is 1. The van der Waals surface area contributed by atoms with Crippen LogP contribution >= 0.6 is 11.6 Å². The number of methoxy groups -OCH3 is 1. The maximum atomic E-state index is 14.0. The average molecular weight is 529 g/mol. The Labute approximate surface area is 222 Å². The Bertz CT molecular complexity index is 1260. The van der Waals surface area contributed by atoms with Gasteiger partial charge >= 0.3 is 0 Å². The summed E-state index contributed by atoms with van der Waals surface area (Å²) in [5.41, 5.74) is 4.46. The average Bonchev–Trinajstić information content (AvgIpc) is 3.42. The summed E-state index contributed by atoms with van der Waals surface area (Å²) in [6, 6.07) is 9.00. The van der Waals surface area contributed by atoms with Crippen LogP contribution in [-0.2, 0) is 35.7 Å². The number of nitrogens with zero attached hydrogens (tertiary/aromatic N) is 3. The maximum absolute atomic E-state index is 14.0. The van der Waals surface area contributed by atoms with Gasteiger partial charge in [0, 0.05) is 56.0 Å². The third kappa shape index (κ3) is 5.84. The van der Waals surface area contributed by atoms with Gasteiger partial charge in [-0.2, -0.15) is 0 Å². The van der Waals surface area contributed by atoms with Gasteiger partial charge in [-0.1, -0.05) is 17.7 Å². The highest BCUT2D eigenvalue weighted by Gasteiger charge is 2.32. The predicted molar refractivity (Wildman–Crippen MR) is 142 cm³/mol. The standard InChI is InChI=1S/C28H34ClFN4O3/c1-28(2)9-22(16-37-28)32-27-8-25(26(29)10-31-27)20-7-23-13-34(24(17-36-3)14-33(23)12-20)11-19-6-21(30)5-4-18(19)15-35/h4-8,10,12,22,24,35H,9,11,13-17H2,1-3H3,(H,31,32)/t22?,24-/m1/s1. The number of aliphatic hydroxyl groups is 1. The van der Waals surface area contributed by atoms with Crippen molar-refractivity contribution in [2.75, 3.05) is 25.6 Å². The monoisotopic (exact) mass is 528 g/mol. The minimum Gasteiger partial charge on any atom is -0.392 e. The van der Waals surface area contributed by atoms with Crippen molar-refractivity contribution in [3.05, 3.63) is 70.4 Å². The number of ether oxygens (including phenoxy) is 2. The Morgan fingerprint density at radius 2 is 2.11 bits per heavy atom. The molecule has 2 aromatic heterocycles. The van der Waals surface area contributed by atoms with Crippen molar-refractivity contribution in [3.63, 3.8) is 0 Å². The Hall–Kier alpha value is -2.49. The number of hydrogen-bond acceptors (Lipinski definition) is 6. The van der Waals surface area contributed by atoms with E-state index in [1.165, 1.54) is 12.1 Å². The topological polar surface area (TPSA) is 71.8 Å². The number of anilines is 1. The lowest BCUT2D eigenvalue weighted by Gasteiger charge is -2.36. The van der Waals surface area contributed by atoms with E-state index in [0.717, 1.165) is 46.7 Å². The first-order valence-electron chi connectivity index (χ1n) is 12.6. The fourth-order valence-electron chi connectivity index (χ4n) is 5.41. The highest BCUT2D eigenvalue weighted by molar-refractivity contribution is 6.33. The molecule has 0 aliphatic carbocycles. The second-order valence-electron chi connectivity index (χ2n) is 10.6. The summed E-state index contributed by atoms with van der Waals surface area (Å²) in [5, 5.41) is 13.8. The van der Waals surface area contributed by atoms with Crippen LogP contribution in [0, 0.1) is 5.82 Å². The smallest absolute Gasteiger partial charge is 0.126 e. The van der Waals surface area contributed by atoms with E-state index in [2.05, 4.69) is 45.9 Å². The summed E-state index contributed by atoms with van der Waals surface area (Å²) in [6.07, 6.45) is 4.73. The molecule has 0 saturated carbocycles. The molecule has 0 bridgehead atoms. The fourth-order valence-corrected chi connectivity index (χ4v) is 5.62. The number of fused-ring (bicyclic) bond motifs is 1. The number of halogens is 2. The van der Waals surface area contributed by atoms with Crippen LogP contribution in [0.5, 0.6) is 0 Å². The van der Waals surface area contributed by atoms with Gasteiger partial charge < -0.3 is 24.5 Å². The van der Waals surface area contributed by atoms with Crippen molar-refractivity contribution in [3.8, 4) is 11.1 Å². The van der Waals surface area contributed by atoms with Crippen molar-refractivity contribution in [1.82, 2.24) is 14.5 Å². The number of rotatable bonds is 8. The van der Waals surface area contributed by atoms with Crippen LogP contribution in [0.1, 0.15) is 37.1 Å². The first kappa shape index (κ1) is 26.1. The molecule has 198 valence electrons. The molecule has 4 heterocycles. The van der Waals surface area contributed by atoms with E-state index in [4.69, 9.17) is 21.1 Å². The van der Waals surface area contributed by atoms with Gasteiger partial charge in [0.05, 0.1) is 42.5 Å². The molecule has 1 saturated heterocycles. The van der Waals surface area contributed by atoms with Crippen LogP contribution in [-0.4, -0.2) is 57.6 Å². The summed E-state index contributed by atoms with van der Waals surface area (Å²) < 4.78 is 27.6. The first-order valence-corrected chi connectivity index (χ1v) is 13.0. The number of aromatic nitrogens is 2. The molecule has 1 aromatic carbocycles. The van der Waals surface area contributed by atoms with Gasteiger partial charge in [0.1, 0.15) is 11.6 Å². The Morgan fingerprint density at radius 1 is 1.27 bits per heavy atom. The zero-order chi connectivity index (χ0) is 26.2. The van der Waals surface area contributed by atoms with E-state index in [0.29, 0.717) is 31.3 Å². The van der Waals surface area contributed by atoms with Gasteiger partial charge in [-0.15, -0.1) is 0 Å². The third-order valence-corrected chi connectivity index (χ3v) is 7.58. The molecule has 0 radical (unpaired) electrons. The van der Waals surface area contributed by atoms with Gasteiger partial charge in [-0.3, -0.25) is 4.90 Å². The molecule has 2 atom stereocenters. The molecule has 37 heavy (non-hydrogen) atoms. The zero-order valence-electron chi connectivity index (χ0n) is 21.5. The van der Waals surface area contributed by atoms with Crippen molar-refractivity contribution >= 4 is 17.4 Å². The number of aliphatic hydroxyl groups excluding tert-OH is 1. The second kappa shape index (κ2) is 10.7. The Balaban J connectivity index is 1.39. The molecule has 0 amide bonds. The second-order valence-corrected chi connectivity index (χ2v) is 11.0. The first-order chi connectivity index (χ1) is 17.7. The predicted octanol–water partition coefficient (Wildman–Crippen LogP) is 4.85. The minimum absolute atomic E-state index is 0.100. The van der Waals surface area contributed by atoms with Crippen molar-refractivity contribution in [1.29, 1.82) is 0 Å². The molecular weight excluding hydrogens is 495 g/mol. The molecule has 7 nitrogen and oxygen atoms in total. The van der Waals surface area contributed by atoms with E-state index < -0.39 is 0 Å². The molecular formula is C28H34ClFN4O3. The molecule has 3 aromatic rings. The number of pyridine rings is 1. The number of hydrogen-bond donors (Lipinski definition) is 2. The summed E-state index contributed by atoms with van der Waals surface area (Å²) in [7, 11) is 1.69. The van der Waals surface area contributed by atoms with E-state index >= 15 is 0 Å². The van der Waals surface area contributed by atoms with Crippen LogP contribution in [0.2, 0.25) is 5.02 Å². The van der Waals surface area contributed by atoms with Crippen molar-refractivity contribution in [2.45, 2.75) is 64.2 Å². The summed E-state index contributed by atoms with van der Waals surface area (Å²) >= 11 is 6.61. The largest absolute Gasteiger partial charge is 0.392 e. The summed E-state index contributed by atoms with van der Waals surface area (Å²) in [4.78, 5) is 6.77. The van der Waals surface area contributed by atoms with Gasteiger partial charge in [0.2, 0.25) is 0 Å². The van der Waals surface area contributed by atoms with E-state index in [1.807, 2.05) is 6.07 Å². The van der Waals surface area contributed by atoms with Crippen LogP contribution in [0.25, 0.3) is 11.1 Å². The highest BCUT2D eigenvalue weighted by atomic mass is 35.5. The molecule has 1 fully saturated rings.